The van der Waals surface area contributed by atoms with Gasteiger partial charge in [0.25, 0.3) is 0 Å². The maximum atomic E-state index is 2.35. The van der Waals surface area contributed by atoms with E-state index in [4.69, 9.17) is 0 Å². The largest absolute Gasteiger partial charge is 0.0646 e. The molecule has 0 aromatic heterocycles. The average molecular weight is 300 g/mol. The molecule has 0 bridgehead atoms. The summed E-state index contributed by atoms with van der Waals surface area (Å²) in [6.07, 6.45) is 1.14. The van der Waals surface area contributed by atoms with Crippen LogP contribution in [0.3, 0.4) is 0 Å². The van der Waals surface area contributed by atoms with Crippen LogP contribution in [0.25, 0.3) is 22.3 Å². The van der Waals surface area contributed by atoms with E-state index in [1.807, 2.05) is 0 Å². The molecule has 0 aliphatic heterocycles. The highest BCUT2D eigenvalue weighted by atomic mass is 14.2. The average Bonchev–Trinajstić information content (AvgIpc) is 2.62. The van der Waals surface area contributed by atoms with Crippen LogP contribution in [0.1, 0.15) is 32.8 Å². The van der Waals surface area contributed by atoms with Gasteiger partial charge in [0, 0.05) is 0 Å². The molecule has 0 nitrogen and oxygen atoms in total. The van der Waals surface area contributed by atoms with Crippen LogP contribution in [0.5, 0.6) is 0 Å². The van der Waals surface area contributed by atoms with Crippen LogP contribution in [-0.4, -0.2) is 0 Å². The van der Waals surface area contributed by atoms with Gasteiger partial charge in [0.2, 0.25) is 0 Å². The summed E-state index contributed by atoms with van der Waals surface area (Å²) < 4.78 is 0. The van der Waals surface area contributed by atoms with E-state index in [1.165, 1.54) is 27.8 Å². The Balaban J connectivity index is 2.12. The van der Waals surface area contributed by atoms with Crippen molar-refractivity contribution in [1.29, 1.82) is 0 Å². The predicted octanol–water partition coefficient (Wildman–Crippen LogP) is 6.71. The van der Waals surface area contributed by atoms with Crippen molar-refractivity contribution in [2.24, 2.45) is 0 Å². The highest BCUT2D eigenvalue weighted by Crippen LogP contribution is 2.35. The van der Waals surface area contributed by atoms with E-state index in [0.29, 0.717) is 0 Å². The second kappa shape index (κ2) is 6.42. The van der Waals surface area contributed by atoms with Crippen molar-refractivity contribution in [3.8, 4) is 22.3 Å². The quantitative estimate of drug-likeness (QED) is 0.502. The summed E-state index contributed by atoms with van der Waals surface area (Å²) in [6.45, 7) is 6.88. The Morgan fingerprint density at radius 3 is 1.87 bits per heavy atom. The van der Waals surface area contributed by atoms with Crippen LogP contribution in [0, 0.1) is 0 Å². The molecule has 0 aliphatic carbocycles. The van der Waals surface area contributed by atoms with Gasteiger partial charge in [-0.05, 0) is 39.7 Å². The molecule has 0 fully saturated rings. The number of hydrogen-bond donors (Lipinski definition) is 0. The van der Waals surface area contributed by atoms with Gasteiger partial charge in [0.1, 0.15) is 0 Å². The van der Waals surface area contributed by atoms with Gasteiger partial charge < -0.3 is 0 Å². The normalized spacial score (nSPS) is 11.4. The van der Waals surface area contributed by atoms with Crippen molar-refractivity contribution in [3.05, 3.63) is 84.4 Å². The maximum absolute atomic E-state index is 2.35. The van der Waals surface area contributed by atoms with Crippen molar-refractivity contribution in [1.82, 2.24) is 0 Å². The number of hydrogen-bond acceptors (Lipinski definition) is 0. The zero-order valence-electron chi connectivity index (χ0n) is 14.2. The van der Waals surface area contributed by atoms with Gasteiger partial charge in [-0.2, -0.15) is 0 Å². The molecule has 0 atom stereocenters. The van der Waals surface area contributed by atoms with E-state index in [0.717, 1.165) is 6.42 Å². The summed E-state index contributed by atoms with van der Waals surface area (Å²) >= 11 is 0. The van der Waals surface area contributed by atoms with Gasteiger partial charge in [-0.1, -0.05) is 99.6 Å². The zero-order valence-corrected chi connectivity index (χ0v) is 14.2. The smallest absolute Gasteiger partial charge is 0.0105 e. The molecule has 0 N–H and O–H groups in total. The highest BCUT2D eigenvalue weighted by molar-refractivity contribution is 5.83. The Morgan fingerprint density at radius 1 is 0.652 bits per heavy atom. The summed E-state index contributed by atoms with van der Waals surface area (Å²) in [5.41, 5.74) is 6.76. The van der Waals surface area contributed by atoms with Gasteiger partial charge in [-0.25, -0.2) is 0 Å². The van der Waals surface area contributed by atoms with E-state index in [1.54, 1.807) is 0 Å². The second-order valence-corrected chi connectivity index (χ2v) is 6.73. The fraction of sp³-hybridized carbons (Fsp3) is 0.217. The van der Waals surface area contributed by atoms with Crippen molar-refractivity contribution in [2.45, 2.75) is 32.6 Å². The molecule has 0 heteroatoms. The van der Waals surface area contributed by atoms with Crippen LogP contribution < -0.4 is 0 Å². The maximum Gasteiger partial charge on any atom is -0.0105 e. The van der Waals surface area contributed by atoms with Crippen molar-refractivity contribution in [2.75, 3.05) is 0 Å². The van der Waals surface area contributed by atoms with Gasteiger partial charge >= 0.3 is 0 Å². The van der Waals surface area contributed by atoms with Crippen molar-refractivity contribution in [3.63, 3.8) is 0 Å². The van der Waals surface area contributed by atoms with Gasteiger partial charge in [0.05, 0.1) is 0 Å². The molecular weight excluding hydrogens is 276 g/mol. The van der Waals surface area contributed by atoms with Crippen molar-refractivity contribution >= 4 is 0 Å². The number of benzene rings is 3. The lowest BCUT2D eigenvalue weighted by molar-refractivity contribution is 0.506. The summed E-state index contributed by atoms with van der Waals surface area (Å²) in [5, 5.41) is 0. The SMILES string of the molecule is CCC(C)(C)c1cccc(-c2ccccc2-c2ccccc2)c1. The van der Waals surface area contributed by atoms with Crippen molar-refractivity contribution < 1.29 is 0 Å². The lowest BCUT2D eigenvalue weighted by Crippen LogP contribution is -2.15. The molecule has 0 amide bonds. The van der Waals surface area contributed by atoms with Crippen LogP contribution in [0.2, 0.25) is 0 Å². The fourth-order valence-electron chi connectivity index (χ4n) is 2.92. The fourth-order valence-corrected chi connectivity index (χ4v) is 2.92. The highest BCUT2D eigenvalue weighted by Gasteiger charge is 2.18. The minimum atomic E-state index is 0.206. The lowest BCUT2D eigenvalue weighted by Gasteiger charge is -2.24. The summed E-state index contributed by atoms with van der Waals surface area (Å²) in [6, 6.07) is 28.3. The Hall–Kier alpha value is -2.34. The summed E-state index contributed by atoms with van der Waals surface area (Å²) in [4.78, 5) is 0. The molecule has 0 saturated carbocycles. The molecule has 116 valence electrons. The zero-order chi connectivity index (χ0) is 16.3. The molecule has 0 spiro atoms. The van der Waals surface area contributed by atoms with Gasteiger partial charge in [0.15, 0.2) is 0 Å². The molecule has 23 heavy (non-hydrogen) atoms. The Labute approximate surface area is 139 Å². The minimum Gasteiger partial charge on any atom is -0.0646 e. The van der Waals surface area contributed by atoms with Crippen LogP contribution in [0.4, 0.5) is 0 Å². The molecule has 0 saturated heterocycles. The molecule has 0 aliphatic rings. The van der Waals surface area contributed by atoms with E-state index in [-0.39, 0.29) is 5.41 Å². The minimum absolute atomic E-state index is 0.206. The molecular formula is C23H24. The summed E-state index contributed by atoms with van der Waals surface area (Å²) in [7, 11) is 0. The Kier molecular flexibility index (Phi) is 4.34. The molecule has 0 radical (unpaired) electrons. The first-order chi connectivity index (χ1) is 11.1. The predicted molar refractivity (Wildman–Crippen MR) is 101 cm³/mol. The molecule has 0 unspecified atom stereocenters. The number of rotatable bonds is 4. The van der Waals surface area contributed by atoms with E-state index >= 15 is 0 Å². The first-order valence-electron chi connectivity index (χ1n) is 8.37. The first kappa shape index (κ1) is 15.6. The van der Waals surface area contributed by atoms with E-state index < -0.39 is 0 Å². The molecule has 3 aromatic carbocycles. The monoisotopic (exact) mass is 300 g/mol. The van der Waals surface area contributed by atoms with E-state index in [2.05, 4.69) is 99.6 Å². The van der Waals surface area contributed by atoms with Crippen LogP contribution in [-0.2, 0) is 5.41 Å². The third kappa shape index (κ3) is 3.22. The van der Waals surface area contributed by atoms with Crippen LogP contribution >= 0.6 is 0 Å². The van der Waals surface area contributed by atoms with Gasteiger partial charge in [-0.15, -0.1) is 0 Å². The molecule has 0 heterocycles. The third-order valence-corrected chi connectivity index (χ3v) is 4.85. The van der Waals surface area contributed by atoms with Crippen LogP contribution in [0.15, 0.2) is 78.9 Å². The molecule has 3 rings (SSSR count). The van der Waals surface area contributed by atoms with Gasteiger partial charge in [-0.3, -0.25) is 0 Å². The Bertz CT molecular complexity index is 782. The third-order valence-electron chi connectivity index (χ3n) is 4.85. The topological polar surface area (TPSA) is 0 Å². The second-order valence-electron chi connectivity index (χ2n) is 6.73. The molecule has 3 aromatic rings. The standard InChI is InChI=1S/C23H24/c1-4-23(2,3)20-14-10-13-19(17-20)22-16-9-8-15-21(22)18-11-6-5-7-12-18/h5-17H,4H2,1-3H3. The summed E-state index contributed by atoms with van der Waals surface area (Å²) in [5.74, 6) is 0. The lowest BCUT2D eigenvalue weighted by atomic mass is 9.81. The van der Waals surface area contributed by atoms with E-state index in [9.17, 15) is 0 Å². The Morgan fingerprint density at radius 2 is 1.22 bits per heavy atom. The first-order valence-corrected chi connectivity index (χ1v) is 8.37.